The summed E-state index contributed by atoms with van der Waals surface area (Å²) in [4.78, 5) is 2.77. The molecule has 21 heavy (non-hydrogen) atoms. The lowest BCUT2D eigenvalue weighted by molar-refractivity contribution is 0.0839. The third-order valence-corrected chi connectivity index (χ3v) is 5.88. The SMILES string of the molecule is CCCNC1C(CN2CCC(CCC)C2)CCCC1(C)C. The van der Waals surface area contributed by atoms with Crippen LogP contribution in [0.2, 0.25) is 0 Å². The van der Waals surface area contributed by atoms with Crippen LogP contribution in [-0.2, 0) is 0 Å². The molecule has 1 saturated heterocycles. The number of hydrogen-bond donors (Lipinski definition) is 1. The molecular weight excluding hydrogens is 256 g/mol. The van der Waals surface area contributed by atoms with Crippen molar-refractivity contribution in [3.05, 3.63) is 0 Å². The lowest BCUT2D eigenvalue weighted by atomic mass is 9.67. The maximum atomic E-state index is 3.90. The number of hydrogen-bond acceptors (Lipinski definition) is 2. The molecule has 2 heteroatoms. The van der Waals surface area contributed by atoms with Gasteiger partial charge in [-0.15, -0.1) is 0 Å². The van der Waals surface area contributed by atoms with Crippen molar-refractivity contribution < 1.29 is 0 Å². The predicted octanol–water partition coefficient (Wildman–Crippen LogP) is 4.30. The third-order valence-electron chi connectivity index (χ3n) is 5.88. The average molecular weight is 295 g/mol. The minimum absolute atomic E-state index is 0.473. The molecule has 1 N–H and O–H groups in total. The van der Waals surface area contributed by atoms with E-state index >= 15 is 0 Å². The van der Waals surface area contributed by atoms with E-state index in [0.29, 0.717) is 5.41 Å². The summed E-state index contributed by atoms with van der Waals surface area (Å²) in [6.45, 7) is 14.8. The van der Waals surface area contributed by atoms with Gasteiger partial charge in [0, 0.05) is 19.1 Å². The number of nitrogens with one attached hydrogen (secondary N) is 1. The van der Waals surface area contributed by atoms with Crippen molar-refractivity contribution in [2.75, 3.05) is 26.2 Å². The minimum atomic E-state index is 0.473. The van der Waals surface area contributed by atoms with Gasteiger partial charge in [-0.05, 0) is 62.4 Å². The fraction of sp³-hybridized carbons (Fsp3) is 1.00. The number of likely N-dealkylation sites (tertiary alicyclic amines) is 1. The predicted molar refractivity (Wildman–Crippen MR) is 92.7 cm³/mol. The van der Waals surface area contributed by atoms with Gasteiger partial charge in [0.2, 0.25) is 0 Å². The van der Waals surface area contributed by atoms with E-state index in [2.05, 4.69) is 37.9 Å². The van der Waals surface area contributed by atoms with Crippen LogP contribution in [0.15, 0.2) is 0 Å². The molecule has 0 aromatic rings. The summed E-state index contributed by atoms with van der Waals surface area (Å²) in [5.74, 6) is 1.84. The molecule has 2 rings (SSSR count). The van der Waals surface area contributed by atoms with Crippen molar-refractivity contribution in [1.82, 2.24) is 10.2 Å². The smallest absolute Gasteiger partial charge is 0.0159 e. The van der Waals surface area contributed by atoms with Crippen molar-refractivity contribution >= 4 is 0 Å². The summed E-state index contributed by atoms with van der Waals surface area (Å²) < 4.78 is 0. The van der Waals surface area contributed by atoms with Crippen LogP contribution in [0, 0.1) is 17.3 Å². The fourth-order valence-corrected chi connectivity index (χ4v) is 4.77. The summed E-state index contributed by atoms with van der Waals surface area (Å²) in [7, 11) is 0. The number of nitrogens with zero attached hydrogens (tertiary/aromatic N) is 1. The zero-order valence-electron chi connectivity index (χ0n) is 15.0. The molecule has 0 radical (unpaired) electrons. The summed E-state index contributed by atoms with van der Waals surface area (Å²) in [6.07, 6.45) is 9.73. The highest BCUT2D eigenvalue weighted by molar-refractivity contribution is 4.95. The second-order valence-electron chi connectivity index (χ2n) is 8.28. The Morgan fingerprint density at radius 3 is 2.67 bits per heavy atom. The van der Waals surface area contributed by atoms with Crippen LogP contribution in [-0.4, -0.2) is 37.1 Å². The van der Waals surface area contributed by atoms with Crippen LogP contribution in [0.25, 0.3) is 0 Å². The molecule has 2 nitrogen and oxygen atoms in total. The summed E-state index contributed by atoms with van der Waals surface area (Å²) in [5.41, 5.74) is 0.473. The van der Waals surface area contributed by atoms with Gasteiger partial charge in [0.15, 0.2) is 0 Å². The summed E-state index contributed by atoms with van der Waals surface area (Å²) in [6, 6.07) is 0.719. The van der Waals surface area contributed by atoms with Crippen molar-refractivity contribution in [1.29, 1.82) is 0 Å². The van der Waals surface area contributed by atoms with Crippen LogP contribution >= 0.6 is 0 Å². The molecule has 0 aromatic heterocycles. The van der Waals surface area contributed by atoms with Gasteiger partial charge in [0.25, 0.3) is 0 Å². The molecule has 3 atom stereocenters. The second kappa shape index (κ2) is 7.97. The van der Waals surface area contributed by atoms with E-state index in [1.54, 1.807) is 0 Å². The van der Waals surface area contributed by atoms with Crippen molar-refractivity contribution in [2.45, 2.75) is 78.7 Å². The van der Waals surface area contributed by atoms with Gasteiger partial charge >= 0.3 is 0 Å². The normalized spacial score (nSPS) is 33.4. The topological polar surface area (TPSA) is 15.3 Å². The maximum absolute atomic E-state index is 3.90. The van der Waals surface area contributed by atoms with Crippen molar-refractivity contribution in [3.8, 4) is 0 Å². The monoisotopic (exact) mass is 294 g/mol. The molecule has 1 saturated carbocycles. The Kier molecular flexibility index (Phi) is 6.55. The van der Waals surface area contributed by atoms with E-state index in [0.717, 1.165) is 17.9 Å². The zero-order chi connectivity index (χ0) is 15.3. The maximum Gasteiger partial charge on any atom is 0.0159 e. The molecule has 0 bridgehead atoms. The third kappa shape index (κ3) is 4.69. The van der Waals surface area contributed by atoms with Gasteiger partial charge in [-0.1, -0.05) is 40.5 Å². The highest BCUT2D eigenvalue weighted by atomic mass is 15.2. The van der Waals surface area contributed by atoms with Gasteiger partial charge in [0.1, 0.15) is 0 Å². The van der Waals surface area contributed by atoms with E-state index in [4.69, 9.17) is 0 Å². The molecule has 124 valence electrons. The molecule has 0 spiro atoms. The lowest BCUT2D eigenvalue weighted by Crippen LogP contribution is -2.52. The second-order valence-corrected chi connectivity index (χ2v) is 8.28. The van der Waals surface area contributed by atoms with Crippen LogP contribution in [0.4, 0.5) is 0 Å². The van der Waals surface area contributed by atoms with Crippen LogP contribution < -0.4 is 5.32 Å². The molecule has 2 fully saturated rings. The Morgan fingerprint density at radius 2 is 1.95 bits per heavy atom. The van der Waals surface area contributed by atoms with Crippen molar-refractivity contribution in [3.63, 3.8) is 0 Å². The van der Waals surface area contributed by atoms with Gasteiger partial charge < -0.3 is 10.2 Å². The van der Waals surface area contributed by atoms with Crippen LogP contribution in [0.3, 0.4) is 0 Å². The molecule has 2 aliphatic rings. The Morgan fingerprint density at radius 1 is 1.14 bits per heavy atom. The van der Waals surface area contributed by atoms with Gasteiger partial charge in [0.05, 0.1) is 0 Å². The quantitative estimate of drug-likeness (QED) is 0.753. The Balaban J connectivity index is 1.90. The highest BCUT2D eigenvalue weighted by Gasteiger charge is 2.39. The van der Waals surface area contributed by atoms with E-state index in [9.17, 15) is 0 Å². The Labute approximate surface area is 133 Å². The first-order valence-corrected chi connectivity index (χ1v) is 9.52. The number of rotatable bonds is 7. The standard InChI is InChI=1S/C19H38N2/c1-5-8-16-10-13-21(14-16)15-17-9-7-11-19(3,4)18(17)20-12-6-2/h16-18,20H,5-15H2,1-4H3. The Bertz CT molecular complexity index is 300. The van der Waals surface area contributed by atoms with Gasteiger partial charge in [-0.2, -0.15) is 0 Å². The summed E-state index contributed by atoms with van der Waals surface area (Å²) >= 11 is 0. The highest BCUT2D eigenvalue weighted by Crippen LogP contribution is 2.40. The molecule has 0 aromatic carbocycles. The van der Waals surface area contributed by atoms with Crippen LogP contribution in [0.1, 0.15) is 72.6 Å². The minimum Gasteiger partial charge on any atom is -0.313 e. The summed E-state index contributed by atoms with van der Waals surface area (Å²) in [5, 5.41) is 3.90. The molecular formula is C19H38N2. The molecule has 0 amide bonds. The van der Waals surface area contributed by atoms with E-state index in [1.165, 1.54) is 71.1 Å². The van der Waals surface area contributed by atoms with Crippen molar-refractivity contribution in [2.24, 2.45) is 17.3 Å². The molecule has 1 aliphatic carbocycles. The average Bonchev–Trinajstić information content (AvgIpc) is 2.85. The molecule has 1 aliphatic heterocycles. The first kappa shape index (κ1) is 17.3. The van der Waals surface area contributed by atoms with Gasteiger partial charge in [-0.3, -0.25) is 0 Å². The van der Waals surface area contributed by atoms with E-state index in [1.807, 2.05) is 0 Å². The molecule has 1 heterocycles. The van der Waals surface area contributed by atoms with Gasteiger partial charge in [-0.25, -0.2) is 0 Å². The van der Waals surface area contributed by atoms with E-state index in [-0.39, 0.29) is 0 Å². The first-order chi connectivity index (χ1) is 10.1. The van der Waals surface area contributed by atoms with Crippen LogP contribution in [0.5, 0.6) is 0 Å². The fourth-order valence-electron chi connectivity index (χ4n) is 4.77. The zero-order valence-corrected chi connectivity index (χ0v) is 15.0. The largest absolute Gasteiger partial charge is 0.313 e. The lowest BCUT2D eigenvalue weighted by Gasteiger charge is -2.46. The molecule has 3 unspecified atom stereocenters. The first-order valence-electron chi connectivity index (χ1n) is 9.52. The van der Waals surface area contributed by atoms with E-state index < -0.39 is 0 Å². The Hall–Kier alpha value is -0.0800.